The molecule has 1 aromatic rings. The molecule has 1 rings (SSSR count). The summed E-state index contributed by atoms with van der Waals surface area (Å²) in [4.78, 5) is 24.3. The first-order valence-corrected chi connectivity index (χ1v) is 6.47. The van der Waals surface area contributed by atoms with Gasteiger partial charge in [-0.15, -0.1) is 0 Å². The molecule has 0 aromatic heterocycles. The van der Waals surface area contributed by atoms with E-state index in [0.717, 1.165) is 0 Å². The second kappa shape index (κ2) is 7.37. The molecule has 6 heteroatoms. The Morgan fingerprint density at radius 1 is 1.40 bits per heavy atom. The van der Waals surface area contributed by atoms with Gasteiger partial charge in [0.05, 0.1) is 24.4 Å². The third kappa shape index (κ3) is 4.15. The van der Waals surface area contributed by atoms with Gasteiger partial charge in [0, 0.05) is 6.54 Å². The number of carboxylic acid groups (broad SMARTS) is 1. The number of para-hydroxylation sites is 2. The first-order valence-electron chi connectivity index (χ1n) is 6.47. The number of benzene rings is 1. The van der Waals surface area contributed by atoms with Crippen molar-refractivity contribution in [1.29, 1.82) is 0 Å². The molecule has 110 valence electrons. The molecular weight excluding hydrogens is 260 g/mol. The quantitative estimate of drug-likeness (QED) is 0.581. The maximum Gasteiger partial charge on any atom is 0.328 e. The summed E-state index contributed by atoms with van der Waals surface area (Å²) in [6, 6.07) is 6.44. The molecule has 0 bridgehead atoms. The third-order valence-electron chi connectivity index (χ3n) is 2.91. The van der Waals surface area contributed by atoms with Crippen LogP contribution in [0.2, 0.25) is 0 Å². The van der Waals surface area contributed by atoms with E-state index < -0.39 is 18.0 Å². The molecule has 0 heterocycles. The van der Waals surface area contributed by atoms with Gasteiger partial charge in [-0.3, -0.25) is 4.79 Å². The molecule has 1 aromatic carbocycles. The molecule has 0 saturated heterocycles. The molecule has 3 N–H and O–H groups in total. The first kappa shape index (κ1) is 15.8. The Morgan fingerprint density at radius 3 is 2.60 bits per heavy atom. The van der Waals surface area contributed by atoms with Crippen LogP contribution in [0.4, 0.5) is 11.4 Å². The summed E-state index contributed by atoms with van der Waals surface area (Å²) in [5.74, 6) is -1.33. The smallest absolute Gasteiger partial charge is 0.328 e. The van der Waals surface area contributed by atoms with Crippen LogP contribution in [0, 0.1) is 0 Å². The van der Waals surface area contributed by atoms with Gasteiger partial charge < -0.3 is 20.5 Å². The summed E-state index contributed by atoms with van der Waals surface area (Å²) < 4.78 is 4.98. The van der Waals surface area contributed by atoms with Gasteiger partial charge in [-0.25, -0.2) is 4.79 Å². The van der Waals surface area contributed by atoms with E-state index in [2.05, 4.69) is 0 Å². The van der Waals surface area contributed by atoms with Gasteiger partial charge in [0.25, 0.3) is 0 Å². The Bertz CT molecular complexity index is 476. The molecule has 0 aliphatic heterocycles. The number of carbonyl (C=O) groups excluding carboxylic acids is 1. The number of ether oxygens (including phenoxy) is 1. The lowest BCUT2D eigenvalue weighted by Crippen LogP contribution is -2.41. The number of hydrogen-bond acceptors (Lipinski definition) is 5. The Balaban J connectivity index is 2.98. The van der Waals surface area contributed by atoms with Crippen molar-refractivity contribution < 1.29 is 19.4 Å². The average Bonchev–Trinajstić information content (AvgIpc) is 2.40. The minimum atomic E-state index is -0.930. The van der Waals surface area contributed by atoms with E-state index in [9.17, 15) is 9.59 Å². The van der Waals surface area contributed by atoms with E-state index in [1.165, 1.54) is 0 Å². The fourth-order valence-corrected chi connectivity index (χ4v) is 1.88. The predicted octanol–water partition coefficient (Wildman–Crippen LogP) is 1.50. The number of aliphatic carboxylic acids is 1. The molecule has 0 aliphatic rings. The summed E-state index contributed by atoms with van der Waals surface area (Å²) in [6.45, 7) is 3.86. The summed E-state index contributed by atoms with van der Waals surface area (Å²) in [5, 5.41) is 8.83. The Labute approximate surface area is 118 Å². The highest BCUT2D eigenvalue weighted by Crippen LogP contribution is 2.25. The Kier molecular flexibility index (Phi) is 5.83. The van der Waals surface area contributed by atoms with E-state index in [1.54, 1.807) is 43.0 Å². The fraction of sp³-hybridized carbons (Fsp3) is 0.429. The van der Waals surface area contributed by atoms with Crippen molar-refractivity contribution in [3.8, 4) is 0 Å². The molecular formula is C14H20N2O4. The summed E-state index contributed by atoms with van der Waals surface area (Å²) in [6.07, 6.45) is -0.0852. The first-order chi connectivity index (χ1) is 9.47. The molecule has 1 atom stereocenters. The van der Waals surface area contributed by atoms with Gasteiger partial charge in [0.2, 0.25) is 0 Å². The molecule has 0 radical (unpaired) electrons. The van der Waals surface area contributed by atoms with E-state index in [0.29, 0.717) is 11.4 Å². The minimum Gasteiger partial charge on any atom is -0.481 e. The number of nitrogens with zero attached hydrogens (tertiary/aromatic N) is 1. The number of hydrogen-bond donors (Lipinski definition) is 2. The zero-order chi connectivity index (χ0) is 15.1. The molecule has 0 fully saturated rings. The zero-order valence-corrected chi connectivity index (χ0v) is 11.7. The minimum absolute atomic E-state index is 0.0852. The molecule has 1 unspecified atom stereocenters. The number of rotatable bonds is 7. The van der Waals surface area contributed by atoms with Crippen molar-refractivity contribution in [2.75, 3.05) is 23.8 Å². The number of carboxylic acids is 1. The van der Waals surface area contributed by atoms with Crippen LogP contribution in [-0.4, -0.2) is 36.2 Å². The van der Waals surface area contributed by atoms with Crippen LogP contribution in [-0.2, 0) is 14.3 Å². The fourth-order valence-electron chi connectivity index (χ4n) is 1.88. The highest BCUT2D eigenvalue weighted by atomic mass is 16.5. The van der Waals surface area contributed by atoms with Gasteiger partial charge in [-0.05, 0) is 26.0 Å². The van der Waals surface area contributed by atoms with Crippen LogP contribution >= 0.6 is 0 Å². The topological polar surface area (TPSA) is 92.9 Å². The standard InChI is InChI=1S/C14H20N2O4/c1-3-20-14(19)10(2)16(9-8-13(17)18)12-7-5-4-6-11(12)15/h4-7,10H,3,8-9,15H2,1-2H3,(H,17,18). The molecule has 6 nitrogen and oxygen atoms in total. The summed E-state index contributed by atoms with van der Waals surface area (Å²) in [5.41, 5.74) is 7.03. The predicted molar refractivity (Wildman–Crippen MR) is 76.5 cm³/mol. The summed E-state index contributed by atoms with van der Waals surface area (Å²) >= 11 is 0. The van der Waals surface area contributed by atoms with Crippen molar-refractivity contribution in [3.05, 3.63) is 24.3 Å². The van der Waals surface area contributed by atoms with Crippen LogP contribution in [0.25, 0.3) is 0 Å². The number of nitrogens with two attached hydrogens (primary N) is 1. The van der Waals surface area contributed by atoms with E-state index in [-0.39, 0.29) is 19.6 Å². The van der Waals surface area contributed by atoms with Gasteiger partial charge in [-0.1, -0.05) is 12.1 Å². The lowest BCUT2D eigenvalue weighted by atomic mass is 10.2. The van der Waals surface area contributed by atoms with Crippen LogP contribution < -0.4 is 10.6 Å². The number of esters is 1. The Hall–Kier alpha value is -2.24. The van der Waals surface area contributed by atoms with Crippen molar-refractivity contribution in [3.63, 3.8) is 0 Å². The number of nitrogen functional groups attached to an aromatic ring is 1. The zero-order valence-electron chi connectivity index (χ0n) is 11.7. The van der Waals surface area contributed by atoms with Gasteiger partial charge >= 0.3 is 11.9 Å². The summed E-state index contributed by atoms with van der Waals surface area (Å²) in [7, 11) is 0. The van der Waals surface area contributed by atoms with Crippen LogP contribution in [0.15, 0.2) is 24.3 Å². The van der Waals surface area contributed by atoms with Gasteiger partial charge in [-0.2, -0.15) is 0 Å². The maximum atomic E-state index is 11.9. The van der Waals surface area contributed by atoms with Crippen molar-refractivity contribution in [2.45, 2.75) is 26.3 Å². The monoisotopic (exact) mass is 280 g/mol. The third-order valence-corrected chi connectivity index (χ3v) is 2.91. The normalized spacial score (nSPS) is 11.7. The van der Waals surface area contributed by atoms with Crippen molar-refractivity contribution >= 4 is 23.3 Å². The van der Waals surface area contributed by atoms with Crippen LogP contribution in [0.1, 0.15) is 20.3 Å². The second-order valence-corrected chi connectivity index (χ2v) is 4.32. The molecule has 0 amide bonds. The Morgan fingerprint density at radius 2 is 2.05 bits per heavy atom. The molecule has 20 heavy (non-hydrogen) atoms. The number of anilines is 2. The molecule has 0 aliphatic carbocycles. The van der Waals surface area contributed by atoms with Crippen LogP contribution in [0.3, 0.4) is 0 Å². The highest BCUT2D eigenvalue weighted by Gasteiger charge is 2.24. The van der Waals surface area contributed by atoms with E-state index >= 15 is 0 Å². The highest BCUT2D eigenvalue weighted by molar-refractivity contribution is 5.82. The van der Waals surface area contributed by atoms with Crippen molar-refractivity contribution in [2.24, 2.45) is 0 Å². The SMILES string of the molecule is CCOC(=O)C(C)N(CCC(=O)O)c1ccccc1N. The molecule has 0 spiro atoms. The maximum absolute atomic E-state index is 11.9. The van der Waals surface area contributed by atoms with E-state index in [4.69, 9.17) is 15.6 Å². The lowest BCUT2D eigenvalue weighted by Gasteiger charge is -2.30. The van der Waals surface area contributed by atoms with E-state index in [1.807, 2.05) is 0 Å². The van der Waals surface area contributed by atoms with Crippen molar-refractivity contribution in [1.82, 2.24) is 0 Å². The molecule has 0 saturated carbocycles. The second-order valence-electron chi connectivity index (χ2n) is 4.32. The number of carbonyl (C=O) groups is 2. The van der Waals surface area contributed by atoms with Gasteiger partial charge in [0.1, 0.15) is 6.04 Å². The lowest BCUT2D eigenvalue weighted by molar-refractivity contribution is -0.144. The van der Waals surface area contributed by atoms with Crippen LogP contribution in [0.5, 0.6) is 0 Å². The van der Waals surface area contributed by atoms with Gasteiger partial charge in [0.15, 0.2) is 0 Å². The average molecular weight is 280 g/mol. The largest absolute Gasteiger partial charge is 0.481 e.